The van der Waals surface area contributed by atoms with E-state index in [0.717, 1.165) is 17.8 Å². The minimum atomic E-state index is 0.662. The second-order valence-electron chi connectivity index (χ2n) is 6.16. The molecule has 1 heterocycles. The summed E-state index contributed by atoms with van der Waals surface area (Å²) < 4.78 is 0. The Morgan fingerprint density at radius 3 is 3.05 bits per heavy atom. The summed E-state index contributed by atoms with van der Waals surface area (Å²) in [5, 5.41) is 0. The first-order valence-electron chi connectivity index (χ1n) is 7.58. The highest BCUT2D eigenvalue weighted by Gasteiger charge is 2.33. The minimum absolute atomic E-state index is 0.662. The number of allylic oxidation sites excluding steroid dienone is 5. The van der Waals surface area contributed by atoms with Crippen molar-refractivity contribution in [3.63, 3.8) is 0 Å². The summed E-state index contributed by atoms with van der Waals surface area (Å²) in [7, 11) is 0. The standard InChI is InChI=1S/C17H23BrS/c1-12-5-4-7-14-15(12)11-19-17-8-3-2-6-13(17)9-10-16(14)18/h3-4,7-8,12,14-16H,2,5-6,9-11H2,1H3. The lowest BCUT2D eigenvalue weighted by atomic mass is 9.75. The molecule has 0 saturated carbocycles. The predicted molar refractivity (Wildman–Crippen MR) is 89.7 cm³/mol. The number of thioether (sulfide) groups is 1. The predicted octanol–water partition coefficient (Wildman–Crippen LogP) is 5.71. The van der Waals surface area contributed by atoms with Crippen molar-refractivity contribution in [2.24, 2.45) is 17.8 Å². The normalized spacial score (nSPS) is 39.1. The molecule has 2 heteroatoms. The van der Waals surface area contributed by atoms with Crippen molar-refractivity contribution in [1.29, 1.82) is 0 Å². The van der Waals surface area contributed by atoms with Crippen LogP contribution in [0.3, 0.4) is 0 Å². The smallest absolute Gasteiger partial charge is 0.0214 e. The summed E-state index contributed by atoms with van der Waals surface area (Å²) in [5.41, 5.74) is 1.72. The fourth-order valence-corrected chi connectivity index (χ4v) is 5.91. The van der Waals surface area contributed by atoms with Crippen molar-refractivity contribution in [3.8, 4) is 0 Å². The third-order valence-electron chi connectivity index (χ3n) is 4.89. The molecule has 2 aliphatic carbocycles. The number of fused-ring (bicyclic) bond motifs is 1. The highest BCUT2D eigenvalue weighted by Crippen LogP contribution is 2.43. The van der Waals surface area contributed by atoms with E-state index < -0.39 is 0 Å². The average Bonchev–Trinajstić information content (AvgIpc) is 2.50. The Bertz CT molecular complexity index is 421. The number of alkyl halides is 1. The molecular formula is C17H23BrS. The zero-order chi connectivity index (χ0) is 13.2. The van der Waals surface area contributed by atoms with Crippen molar-refractivity contribution in [3.05, 3.63) is 34.8 Å². The van der Waals surface area contributed by atoms with Crippen molar-refractivity contribution in [1.82, 2.24) is 0 Å². The van der Waals surface area contributed by atoms with E-state index in [1.165, 1.54) is 37.9 Å². The zero-order valence-corrected chi connectivity index (χ0v) is 14.1. The Labute approximate surface area is 129 Å². The second kappa shape index (κ2) is 6.22. The molecule has 104 valence electrons. The second-order valence-corrected chi connectivity index (χ2v) is 8.39. The van der Waals surface area contributed by atoms with E-state index in [9.17, 15) is 0 Å². The topological polar surface area (TPSA) is 0 Å². The Balaban J connectivity index is 1.84. The summed E-state index contributed by atoms with van der Waals surface area (Å²) in [6.45, 7) is 2.44. The maximum absolute atomic E-state index is 3.99. The van der Waals surface area contributed by atoms with Gasteiger partial charge < -0.3 is 0 Å². The molecule has 0 N–H and O–H groups in total. The van der Waals surface area contributed by atoms with Gasteiger partial charge in [-0.05, 0) is 49.9 Å². The molecule has 1 aliphatic heterocycles. The van der Waals surface area contributed by atoms with E-state index in [-0.39, 0.29) is 0 Å². The molecule has 0 aromatic rings. The van der Waals surface area contributed by atoms with E-state index in [4.69, 9.17) is 0 Å². The van der Waals surface area contributed by atoms with Gasteiger partial charge in [0.25, 0.3) is 0 Å². The zero-order valence-electron chi connectivity index (χ0n) is 11.6. The van der Waals surface area contributed by atoms with Gasteiger partial charge >= 0.3 is 0 Å². The molecule has 0 aromatic carbocycles. The van der Waals surface area contributed by atoms with E-state index in [0.29, 0.717) is 4.83 Å². The molecular weight excluding hydrogens is 316 g/mol. The van der Waals surface area contributed by atoms with Crippen LogP contribution < -0.4 is 0 Å². The fourth-order valence-electron chi connectivity index (χ4n) is 3.59. The van der Waals surface area contributed by atoms with Crippen LogP contribution in [0.5, 0.6) is 0 Å². The number of hydrogen-bond acceptors (Lipinski definition) is 1. The van der Waals surface area contributed by atoms with E-state index >= 15 is 0 Å². The Morgan fingerprint density at radius 1 is 1.26 bits per heavy atom. The summed E-state index contributed by atoms with van der Waals surface area (Å²) in [5.74, 6) is 3.70. The van der Waals surface area contributed by atoms with Gasteiger partial charge in [-0.15, -0.1) is 11.8 Å². The van der Waals surface area contributed by atoms with Crippen molar-refractivity contribution in [2.45, 2.75) is 43.9 Å². The Kier molecular flexibility index (Phi) is 4.58. The third-order valence-corrected chi connectivity index (χ3v) is 7.25. The molecule has 0 bridgehead atoms. The van der Waals surface area contributed by atoms with Gasteiger partial charge in [0, 0.05) is 15.5 Å². The number of rotatable bonds is 0. The van der Waals surface area contributed by atoms with Gasteiger partial charge in [-0.2, -0.15) is 0 Å². The lowest BCUT2D eigenvalue weighted by Gasteiger charge is -2.35. The fraction of sp³-hybridized carbons (Fsp3) is 0.647. The van der Waals surface area contributed by atoms with E-state index in [2.05, 4.69) is 58.9 Å². The van der Waals surface area contributed by atoms with Crippen molar-refractivity contribution >= 4 is 27.7 Å². The van der Waals surface area contributed by atoms with Gasteiger partial charge in [0.2, 0.25) is 0 Å². The molecule has 0 fully saturated rings. The first-order chi connectivity index (χ1) is 9.25. The molecule has 3 aliphatic rings. The molecule has 19 heavy (non-hydrogen) atoms. The molecule has 4 atom stereocenters. The van der Waals surface area contributed by atoms with Gasteiger partial charge in [0.1, 0.15) is 0 Å². The summed E-state index contributed by atoms with van der Waals surface area (Å²) in [4.78, 5) is 2.25. The quantitative estimate of drug-likeness (QED) is 0.402. The molecule has 0 radical (unpaired) electrons. The van der Waals surface area contributed by atoms with Crippen molar-refractivity contribution < 1.29 is 0 Å². The maximum atomic E-state index is 3.99. The summed E-state index contributed by atoms with van der Waals surface area (Å²) in [6, 6.07) is 0. The maximum Gasteiger partial charge on any atom is 0.0214 e. The van der Waals surface area contributed by atoms with Crippen LogP contribution >= 0.6 is 27.7 Å². The van der Waals surface area contributed by atoms with E-state index in [1.54, 1.807) is 10.5 Å². The molecule has 3 rings (SSSR count). The van der Waals surface area contributed by atoms with Gasteiger partial charge in [0.05, 0.1) is 0 Å². The highest BCUT2D eigenvalue weighted by atomic mass is 79.9. The van der Waals surface area contributed by atoms with Gasteiger partial charge in [-0.3, -0.25) is 0 Å². The van der Waals surface area contributed by atoms with Crippen molar-refractivity contribution in [2.75, 3.05) is 5.75 Å². The van der Waals surface area contributed by atoms with Crippen LogP contribution in [-0.4, -0.2) is 10.6 Å². The Hall–Kier alpha value is 0.0500. The van der Waals surface area contributed by atoms with Crippen LogP contribution in [0.15, 0.2) is 34.8 Å². The SMILES string of the molecule is CC1CC=CC2C(Br)CCC3=C(C=CCC3)SCC12. The molecule has 4 unspecified atom stereocenters. The first kappa shape index (κ1) is 14.0. The largest absolute Gasteiger partial charge is 0.126 e. The van der Waals surface area contributed by atoms with Crippen LogP contribution in [-0.2, 0) is 0 Å². The summed E-state index contributed by atoms with van der Waals surface area (Å²) >= 11 is 6.12. The van der Waals surface area contributed by atoms with Gasteiger partial charge in [-0.1, -0.05) is 52.7 Å². The monoisotopic (exact) mass is 338 g/mol. The first-order valence-corrected chi connectivity index (χ1v) is 9.48. The summed E-state index contributed by atoms with van der Waals surface area (Å²) in [6.07, 6.45) is 16.0. The van der Waals surface area contributed by atoms with Crippen LogP contribution in [0.25, 0.3) is 0 Å². The highest BCUT2D eigenvalue weighted by molar-refractivity contribution is 9.09. The van der Waals surface area contributed by atoms with Gasteiger partial charge in [0.15, 0.2) is 0 Å². The van der Waals surface area contributed by atoms with Gasteiger partial charge in [-0.25, -0.2) is 0 Å². The lowest BCUT2D eigenvalue weighted by molar-refractivity contribution is 0.288. The van der Waals surface area contributed by atoms with E-state index in [1.807, 2.05) is 0 Å². The molecule has 0 nitrogen and oxygen atoms in total. The van der Waals surface area contributed by atoms with Crippen LogP contribution in [0.1, 0.15) is 39.0 Å². The number of halogens is 1. The molecule has 0 aromatic heterocycles. The van der Waals surface area contributed by atoms with Crippen LogP contribution in [0.2, 0.25) is 0 Å². The van der Waals surface area contributed by atoms with Crippen LogP contribution in [0, 0.1) is 17.8 Å². The molecule has 0 spiro atoms. The molecule has 0 amide bonds. The average molecular weight is 339 g/mol. The minimum Gasteiger partial charge on any atom is -0.126 e. The third kappa shape index (κ3) is 3.05. The molecule has 0 saturated heterocycles. The van der Waals surface area contributed by atoms with Crippen LogP contribution in [0.4, 0.5) is 0 Å². The Morgan fingerprint density at radius 2 is 2.16 bits per heavy atom. The number of hydrogen-bond donors (Lipinski definition) is 0. The lowest BCUT2D eigenvalue weighted by Crippen LogP contribution is -2.31.